The molecule has 13 heteroatoms. The van der Waals surface area contributed by atoms with Crippen LogP contribution in [0, 0.1) is 0 Å². The minimum absolute atomic E-state index is 0. The van der Waals surface area contributed by atoms with Crippen LogP contribution in [0.3, 0.4) is 0 Å². The zero-order chi connectivity index (χ0) is 26.7. The van der Waals surface area contributed by atoms with Gasteiger partial charge in [-0.1, -0.05) is 17.7 Å². The third-order valence-corrected chi connectivity index (χ3v) is 7.14. The number of piperidine rings is 1. The van der Waals surface area contributed by atoms with Crippen LogP contribution in [-0.4, -0.2) is 87.0 Å². The monoisotopic (exact) mass is 566 g/mol. The van der Waals surface area contributed by atoms with Crippen molar-refractivity contribution in [1.82, 2.24) is 24.3 Å². The maximum Gasteiger partial charge on any atom is 0.354 e. The topological polar surface area (TPSA) is 143 Å². The minimum Gasteiger partial charge on any atom is -0.338 e. The highest BCUT2D eigenvalue weighted by atomic mass is 35.5. The highest BCUT2D eigenvalue weighted by Crippen LogP contribution is 2.23. The van der Waals surface area contributed by atoms with Gasteiger partial charge in [0.25, 0.3) is 0 Å². The number of urea groups is 1. The second kappa shape index (κ2) is 12.4. The van der Waals surface area contributed by atoms with Crippen LogP contribution in [0.1, 0.15) is 32.3 Å². The van der Waals surface area contributed by atoms with Gasteiger partial charge in [-0.25, -0.2) is 9.59 Å². The van der Waals surface area contributed by atoms with Crippen molar-refractivity contribution in [1.29, 1.82) is 0 Å². The highest BCUT2D eigenvalue weighted by Gasteiger charge is 2.31. The standard InChI is InChI=1S/C25H35ClN8O3.ClH/c1-25(2,28)22(35)32-11-13-33(14-12-32)23(36)29-21-7-10-34(24(37)30-21)19-4-3-17(20(26)15-19)16-31-8-5-18(27)6-9-31;/h3-4,7,10,15,18H,5-6,8-9,11-14,16,27-28H2,1-2H3,(H,29,30,36,37);1H. The van der Waals surface area contributed by atoms with Gasteiger partial charge in [0.05, 0.1) is 11.2 Å². The predicted molar refractivity (Wildman–Crippen MR) is 150 cm³/mol. The second-order valence-electron chi connectivity index (χ2n) is 10.3. The number of hydrogen-bond acceptors (Lipinski definition) is 7. The first-order chi connectivity index (χ1) is 17.5. The highest BCUT2D eigenvalue weighted by molar-refractivity contribution is 6.31. The Morgan fingerprint density at radius 3 is 2.29 bits per heavy atom. The van der Waals surface area contributed by atoms with Crippen LogP contribution >= 0.6 is 24.0 Å². The lowest BCUT2D eigenvalue weighted by Crippen LogP contribution is -2.58. The first-order valence-corrected chi connectivity index (χ1v) is 12.9. The Morgan fingerprint density at radius 2 is 1.71 bits per heavy atom. The minimum atomic E-state index is -0.954. The van der Waals surface area contributed by atoms with E-state index in [0.29, 0.717) is 36.9 Å². The predicted octanol–water partition coefficient (Wildman–Crippen LogP) is 1.64. The number of nitrogens with zero attached hydrogens (tertiary/aromatic N) is 5. The Hall–Kier alpha value is -2.70. The molecule has 5 N–H and O–H groups in total. The average Bonchev–Trinajstić information content (AvgIpc) is 2.86. The number of nitrogens with one attached hydrogen (secondary N) is 1. The first kappa shape index (κ1) is 29.9. The van der Waals surface area contributed by atoms with Crippen LogP contribution in [0.5, 0.6) is 0 Å². The largest absolute Gasteiger partial charge is 0.354 e. The smallest absolute Gasteiger partial charge is 0.338 e. The number of carbonyl (C=O) groups excluding carboxylic acids is 2. The molecule has 1 aromatic heterocycles. The normalized spacial score (nSPS) is 17.2. The molecule has 11 nitrogen and oxygen atoms in total. The van der Waals surface area contributed by atoms with Crippen molar-refractivity contribution < 1.29 is 9.59 Å². The summed E-state index contributed by atoms with van der Waals surface area (Å²) in [6.07, 6.45) is 3.51. The maximum atomic E-state index is 12.7. The average molecular weight is 568 g/mol. The van der Waals surface area contributed by atoms with Gasteiger partial charge in [0.15, 0.2) is 0 Å². The zero-order valence-corrected chi connectivity index (χ0v) is 23.3. The summed E-state index contributed by atoms with van der Waals surface area (Å²) in [5.41, 5.74) is 12.0. The molecule has 0 radical (unpaired) electrons. The van der Waals surface area contributed by atoms with Crippen molar-refractivity contribution in [3.63, 3.8) is 0 Å². The zero-order valence-electron chi connectivity index (χ0n) is 21.7. The molecule has 0 saturated carbocycles. The lowest BCUT2D eigenvalue weighted by molar-refractivity contribution is -0.137. The van der Waals surface area contributed by atoms with E-state index in [-0.39, 0.29) is 36.2 Å². The number of hydrogen-bond donors (Lipinski definition) is 3. The first-order valence-electron chi connectivity index (χ1n) is 12.5. The van der Waals surface area contributed by atoms with Crippen molar-refractivity contribution in [3.05, 3.63) is 51.5 Å². The molecule has 3 amide bonds. The summed E-state index contributed by atoms with van der Waals surface area (Å²) in [4.78, 5) is 47.3. The van der Waals surface area contributed by atoms with Crippen molar-refractivity contribution in [3.8, 4) is 5.69 Å². The van der Waals surface area contributed by atoms with E-state index < -0.39 is 11.2 Å². The summed E-state index contributed by atoms with van der Waals surface area (Å²) in [5.74, 6) is 0.000994. The van der Waals surface area contributed by atoms with Crippen LogP contribution in [0.25, 0.3) is 5.69 Å². The third kappa shape index (κ3) is 7.23. The van der Waals surface area contributed by atoms with Crippen LogP contribution in [0.4, 0.5) is 10.6 Å². The van der Waals surface area contributed by atoms with Gasteiger partial charge in [0.2, 0.25) is 5.91 Å². The van der Waals surface area contributed by atoms with E-state index in [1.807, 2.05) is 12.1 Å². The van der Waals surface area contributed by atoms with Gasteiger partial charge < -0.3 is 21.3 Å². The molecule has 0 unspecified atom stereocenters. The lowest BCUT2D eigenvalue weighted by Gasteiger charge is -2.37. The van der Waals surface area contributed by atoms with E-state index in [9.17, 15) is 14.4 Å². The fraction of sp³-hybridized carbons (Fsp3) is 0.520. The molecule has 208 valence electrons. The van der Waals surface area contributed by atoms with E-state index in [1.165, 1.54) is 4.57 Å². The molecular formula is C25H36Cl2N8O3. The Kier molecular flexibility index (Phi) is 9.77. The molecule has 2 aliphatic rings. The van der Waals surface area contributed by atoms with E-state index in [1.54, 1.807) is 42.0 Å². The Balaban J connectivity index is 0.00000400. The molecule has 0 spiro atoms. The van der Waals surface area contributed by atoms with Crippen LogP contribution in [-0.2, 0) is 11.3 Å². The molecular weight excluding hydrogens is 531 g/mol. The van der Waals surface area contributed by atoms with Crippen LogP contribution in [0.2, 0.25) is 5.02 Å². The molecule has 3 heterocycles. The van der Waals surface area contributed by atoms with Gasteiger partial charge >= 0.3 is 11.7 Å². The number of carbonyl (C=O) groups is 2. The van der Waals surface area contributed by atoms with Crippen LogP contribution < -0.4 is 22.5 Å². The molecule has 1 aromatic carbocycles. The fourth-order valence-electron chi connectivity index (χ4n) is 4.54. The molecule has 4 rings (SSSR count). The maximum absolute atomic E-state index is 12.7. The number of anilines is 1. The van der Waals surface area contributed by atoms with E-state index in [4.69, 9.17) is 23.1 Å². The summed E-state index contributed by atoms with van der Waals surface area (Å²) in [6, 6.07) is 6.96. The number of piperazine rings is 1. The van der Waals surface area contributed by atoms with Gasteiger partial charge in [-0.05, 0) is 63.5 Å². The quantitative estimate of drug-likeness (QED) is 0.499. The number of aromatic nitrogens is 2. The number of benzene rings is 1. The number of amides is 3. The van der Waals surface area contributed by atoms with Gasteiger partial charge in [0.1, 0.15) is 5.82 Å². The van der Waals surface area contributed by atoms with Gasteiger partial charge in [0, 0.05) is 50.0 Å². The fourth-order valence-corrected chi connectivity index (χ4v) is 4.78. The third-order valence-electron chi connectivity index (χ3n) is 6.78. The molecule has 0 atom stereocenters. The van der Waals surface area contributed by atoms with Crippen molar-refractivity contribution in [2.75, 3.05) is 44.6 Å². The van der Waals surface area contributed by atoms with Crippen LogP contribution in [0.15, 0.2) is 35.3 Å². The summed E-state index contributed by atoms with van der Waals surface area (Å²) in [7, 11) is 0. The SMILES string of the molecule is CC(C)(N)C(=O)N1CCN(C(=O)Nc2ccn(-c3ccc(CN4CCC(N)CC4)c(Cl)c3)c(=O)n2)CC1.Cl. The summed E-state index contributed by atoms with van der Waals surface area (Å²) < 4.78 is 1.38. The molecule has 2 aromatic rings. The number of rotatable bonds is 5. The number of nitrogens with two attached hydrogens (primary N) is 2. The molecule has 2 aliphatic heterocycles. The van der Waals surface area contributed by atoms with Gasteiger partial charge in [-0.3, -0.25) is 19.6 Å². The molecule has 0 aliphatic carbocycles. The number of halogens is 2. The summed E-state index contributed by atoms with van der Waals surface area (Å²) in [5, 5.41) is 3.24. The molecule has 2 saturated heterocycles. The molecule has 2 fully saturated rings. The van der Waals surface area contributed by atoms with Crippen molar-refractivity contribution >= 4 is 41.8 Å². The van der Waals surface area contributed by atoms with E-state index in [0.717, 1.165) is 38.0 Å². The van der Waals surface area contributed by atoms with Crippen molar-refractivity contribution in [2.45, 2.75) is 44.8 Å². The Labute approximate surface area is 233 Å². The molecule has 38 heavy (non-hydrogen) atoms. The van der Waals surface area contributed by atoms with E-state index >= 15 is 0 Å². The molecule has 0 bridgehead atoms. The summed E-state index contributed by atoms with van der Waals surface area (Å²) >= 11 is 6.54. The summed E-state index contributed by atoms with van der Waals surface area (Å²) in [6.45, 7) is 7.45. The second-order valence-corrected chi connectivity index (χ2v) is 10.7. The Bertz CT molecular complexity index is 1200. The van der Waals surface area contributed by atoms with Gasteiger partial charge in [-0.15, -0.1) is 12.4 Å². The lowest BCUT2D eigenvalue weighted by atomic mass is 10.1. The van der Waals surface area contributed by atoms with E-state index in [2.05, 4.69) is 15.2 Å². The number of likely N-dealkylation sites (tertiary alicyclic amines) is 1. The van der Waals surface area contributed by atoms with Crippen molar-refractivity contribution in [2.24, 2.45) is 11.5 Å². The Morgan fingerprint density at radius 1 is 1.08 bits per heavy atom. The van der Waals surface area contributed by atoms with Gasteiger partial charge in [-0.2, -0.15) is 4.98 Å².